The first kappa shape index (κ1) is 21.1. The van der Waals surface area contributed by atoms with Gasteiger partial charge in [0.05, 0.1) is 5.56 Å². The molecule has 8 heteroatoms. The second-order valence-electron chi connectivity index (χ2n) is 7.48. The highest BCUT2D eigenvalue weighted by molar-refractivity contribution is 6.05. The van der Waals surface area contributed by atoms with Crippen LogP contribution in [-0.4, -0.2) is 48.9 Å². The maximum absolute atomic E-state index is 13.7. The Morgan fingerprint density at radius 1 is 1.10 bits per heavy atom. The van der Waals surface area contributed by atoms with Crippen LogP contribution in [0.3, 0.4) is 0 Å². The fourth-order valence-corrected chi connectivity index (χ4v) is 3.34. The van der Waals surface area contributed by atoms with Crippen molar-refractivity contribution >= 4 is 17.3 Å². The first-order valence-electron chi connectivity index (χ1n) is 9.42. The summed E-state index contributed by atoms with van der Waals surface area (Å²) in [5.41, 5.74) is 6.81. The number of aryl methyl sites for hydroxylation is 1. The number of amides is 1. The number of nitrogen functional groups attached to an aromatic ring is 1. The molecule has 1 heterocycles. The van der Waals surface area contributed by atoms with Crippen LogP contribution in [0.1, 0.15) is 27.0 Å². The van der Waals surface area contributed by atoms with E-state index in [-0.39, 0.29) is 17.7 Å². The topological polar surface area (TPSA) is 61.6 Å². The van der Waals surface area contributed by atoms with E-state index in [4.69, 9.17) is 5.73 Å². The van der Waals surface area contributed by atoms with Gasteiger partial charge in [0.25, 0.3) is 5.91 Å². The lowest BCUT2D eigenvalue weighted by Gasteiger charge is -2.33. The average molecular weight is 406 g/mol. The molecule has 0 aromatic heterocycles. The molecule has 0 bridgehead atoms. The Balaban J connectivity index is 1.83. The fraction of sp³-hybridized carbons (Fsp3) is 0.381. The highest BCUT2D eigenvalue weighted by atomic mass is 19.4. The molecule has 0 aliphatic carbocycles. The van der Waals surface area contributed by atoms with E-state index in [0.717, 1.165) is 24.7 Å². The van der Waals surface area contributed by atoms with Crippen LogP contribution in [-0.2, 0) is 12.7 Å². The van der Waals surface area contributed by atoms with Gasteiger partial charge in [0.15, 0.2) is 0 Å². The van der Waals surface area contributed by atoms with Crippen LogP contribution in [0.4, 0.5) is 24.5 Å². The van der Waals surface area contributed by atoms with Crippen LogP contribution in [0.2, 0.25) is 0 Å². The van der Waals surface area contributed by atoms with Crippen molar-refractivity contribution in [3.8, 4) is 0 Å². The third-order valence-electron chi connectivity index (χ3n) is 5.18. The first-order valence-corrected chi connectivity index (χ1v) is 9.42. The lowest BCUT2D eigenvalue weighted by Crippen LogP contribution is -2.44. The molecule has 0 radical (unpaired) electrons. The molecule has 5 nitrogen and oxygen atoms in total. The van der Waals surface area contributed by atoms with Crippen LogP contribution in [0.25, 0.3) is 0 Å². The summed E-state index contributed by atoms with van der Waals surface area (Å²) in [6.45, 7) is 5.06. The SMILES string of the molecule is Cc1ccc(N)cc1NC(=O)c1ccc(CN2CCN(C)CC2)c(C(F)(F)F)c1. The molecule has 1 aliphatic heterocycles. The van der Waals surface area contributed by atoms with Crippen molar-refractivity contribution in [1.29, 1.82) is 0 Å². The number of nitrogens with one attached hydrogen (secondary N) is 1. The quantitative estimate of drug-likeness (QED) is 0.762. The van der Waals surface area contributed by atoms with E-state index in [9.17, 15) is 18.0 Å². The number of alkyl halides is 3. The number of piperazine rings is 1. The second kappa shape index (κ2) is 8.42. The molecular weight excluding hydrogens is 381 g/mol. The molecule has 3 rings (SSSR count). The Bertz CT molecular complexity index is 890. The average Bonchev–Trinajstić information content (AvgIpc) is 2.66. The Labute approximate surface area is 168 Å². The van der Waals surface area contributed by atoms with Crippen LogP contribution < -0.4 is 11.1 Å². The van der Waals surface area contributed by atoms with Gasteiger partial charge in [-0.05, 0) is 49.4 Å². The van der Waals surface area contributed by atoms with E-state index in [2.05, 4.69) is 10.2 Å². The van der Waals surface area contributed by atoms with Crippen molar-refractivity contribution in [1.82, 2.24) is 9.80 Å². The molecule has 1 amide bonds. The number of hydrogen-bond acceptors (Lipinski definition) is 4. The number of likely N-dealkylation sites (N-methyl/N-ethyl adjacent to an activating group) is 1. The molecule has 1 aliphatic rings. The Kier molecular flexibility index (Phi) is 6.14. The van der Waals surface area contributed by atoms with Gasteiger partial charge in [0.1, 0.15) is 0 Å². The molecule has 2 aromatic carbocycles. The Hall–Kier alpha value is -2.58. The van der Waals surface area contributed by atoms with E-state index in [1.165, 1.54) is 12.1 Å². The number of nitrogens with zero attached hydrogens (tertiary/aromatic N) is 2. The predicted octanol–water partition coefficient (Wildman–Crippen LogP) is 3.60. The Morgan fingerprint density at radius 2 is 1.79 bits per heavy atom. The van der Waals surface area contributed by atoms with Gasteiger partial charge in [-0.15, -0.1) is 0 Å². The number of anilines is 2. The summed E-state index contributed by atoms with van der Waals surface area (Å²) in [5, 5.41) is 2.65. The number of benzene rings is 2. The minimum absolute atomic E-state index is 0.0405. The minimum atomic E-state index is -4.54. The van der Waals surface area contributed by atoms with Crippen LogP contribution in [0.5, 0.6) is 0 Å². The standard InChI is InChI=1S/C21H25F3N4O/c1-14-3-6-17(25)12-19(14)26-20(29)15-4-5-16(18(11-15)21(22,23)24)13-28-9-7-27(2)8-10-28/h3-6,11-12H,7-10,13,25H2,1-2H3,(H,26,29). The molecule has 0 unspecified atom stereocenters. The van der Waals surface area contributed by atoms with Crippen LogP contribution in [0.15, 0.2) is 36.4 Å². The number of hydrogen-bond donors (Lipinski definition) is 2. The molecule has 1 saturated heterocycles. The summed E-state index contributed by atoms with van der Waals surface area (Å²) >= 11 is 0. The molecule has 29 heavy (non-hydrogen) atoms. The first-order chi connectivity index (χ1) is 13.6. The third kappa shape index (κ3) is 5.27. The lowest BCUT2D eigenvalue weighted by molar-refractivity contribution is -0.138. The van der Waals surface area contributed by atoms with E-state index in [1.54, 1.807) is 25.1 Å². The summed E-state index contributed by atoms with van der Waals surface area (Å²) in [5.74, 6) is -0.602. The molecule has 0 saturated carbocycles. The number of nitrogens with two attached hydrogens (primary N) is 1. The molecule has 156 valence electrons. The summed E-state index contributed by atoms with van der Waals surface area (Å²) in [4.78, 5) is 16.7. The van der Waals surface area contributed by atoms with Crippen molar-refractivity contribution in [3.05, 3.63) is 58.7 Å². The largest absolute Gasteiger partial charge is 0.416 e. The van der Waals surface area contributed by atoms with Gasteiger partial charge in [-0.1, -0.05) is 12.1 Å². The zero-order chi connectivity index (χ0) is 21.2. The minimum Gasteiger partial charge on any atom is -0.399 e. The van der Waals surface area contributed by atoms with Crippen LogP contribution in [0, 0.1) is 6.92 Å². The van der Waals surface area contributed by atoms with Gasteiger partial charge in [0.2, 0.25) is 0 Å². The van der Waals surface area contributed by atoms with Gasteiger partial charge in [-0.25, -0.2) is 0 Å². The van der Waals surface area contributed by atoms with E-state index in [0.29, 0.717) is 24.5 Å². The monoisotopic (exact) mass is 406 g/mol. The van der Waals surface area contributed by atoms with Crippen molar-refractivity contribution in [2.75, 3.05) is 44.3 Å². The lowest BCUT2D eigenvalue weighted by atomic mass is 10.0. The predicted molar refractivity (Wildman–Crippen MR) is 108 cm³/mol. The fourth-order valence-electron chi connectivity index (χ4n) is 3.34. The number of carbonyl (C=O) groups excluding carboxylic acids is 1. The van der Waals surface area contributed by atoms with Gasteiger partial charge in [-0.3, -0.25) is 9.69 Å². The van der Waals surface area contributed by atoms with Crippen molar-refractivity contribution in [2.45, 2.75) is 19.6 Å². The summed E-state index contributed by atoms with van der Waals surface area (Å²) in [7, 11) is 1.99. The molecule has 0 atom stereocenters. The van der Waals surface area contributed by atoms with Gasteiger partial charge < -0.3 is 16.0 Å². The zero-order valence-electron chi connectivity index (χ0n) is 16.5. The summed E-state index contributed by atoms with van der Waals surface area (Å²) < 4.78 is 41.0. The van der Waals surface area contributed by atoms with E-state index in [1.807, 2.05) is 11.9 Å². The van der Waals surface area contributed by atoms with E-state index >= 15 is 0 Å². The van der Waals surface area contributed by atoms with E-state index < -0.39 is 17.6 Å². The van der Waals surface area contributed by atoms with Crippen molar-refractivity contribution in [3.63, 3.8) is 0 Å². The van der Waals surface area contributed by atoms with Gasteiger partial charge in [-0.2, -0.15) is 13.2 Å². The second-order valence-corrected chi connectivity index (χ2v) is 7.48. The smallest absolute Gasteiger partial charge is 0.399 e. The van der Waals surface area contributed by atoms with Gasteiger partial charge >= 0.3 is 6.18 Å². The molecule has 0 spiro atoms. The molecule has 1 fully saturated rings. The summed E-state index contributed by atoms with van der Waals surface area (Å²) in [6.07, 6.45) is -4.54. The number of halogens is 3. The highest BCUT2D eigenvalue weighted by Crippen LogP contribution is 2.34. The van der Waals surface area contributed by atoms with Gasteiger partial charge in [0, 0.05) is 49.7 Å². The third-order valence-corrected chi connectivity index (χ3v) is 5.18. The van der Waals surface area contributed by atoms with Crippen molar-refractivity contribution < 1.29 is 18.0 Å². The molecule has 3 N–H and O–H groups in total. The maximum Gasteiger partial charge on any atom is 0.416 e. The Morgan fingerprint density at radius 3 is 2.45 bits per heavy atom. The number of carbonyl (C=O) groups is 1. The normalized spacial score (nSPS) is 16.0. The number of rotatable bonds is 4. The summed E-state index contributed by atoms with van der Waals surface area (Å²) in [6, 6.07) is 8.80. The van der Waals surface area contributed by atoms with Crippen molar-refractivity contribution in [2.24, 2.45) is 0 Å². The van der Waals surface area contributed by atoms with Crippen LogP contribution >= 0.6 is 0 Å². The molecule has 2 aromatic rings. The molecular formula is C21H25F3N4O. The highest BCUT2D eigenvalue weighted by Gasteiger charge is 2.34. The zero-order valence-corrected chi connectivity index (χ0v) is 16.5. The maximum atomic E-state index is 13.7.